The van der Waals surface area contributed by atoms with E-state index in [0.717, 1.165) is 17.7 Å². The van der Waals surface area contributed by atoms with E-state index in [1.54, 1.807) is 12.1 Å². The number of carbonyl (C=O) groups excluding carboxylic acids is 2. The molecule has 0 aliphatic heterocycles. The Kier molecular flexibility index (Phi) is 5.98. The number of hydrogen-bond donors (Lipinski definition) is 0. The molecule has 1 aromatic carbocycles. The van der Waals surface area contributed by atoms with Crippen molar-refractivity contribution in [2.45, 2.75) is 25.8 Å². The van der Waals surface area contributed by atoms with Gasteiger partial charge in [-0.1, -0.05) is 37.1 Å². The van der Waals surface area contributed by atoms with Gasteiger partial charge < -0.3 is 9.47 Å². The number of methoxy groups -OCH3 is 2. The maximum atomic E-state index is 12.1. The Balaban J connectivity index is 2.52. The van der Waals surface area contributed by atoms with Crippen LogP contribution in [0.1, 0.15) is 25.1 Å². The number of carbonyl (C=O) groups is 2. The van der Waals surface area contributed by atoms with Gasteiger partial charge in [-0.25, -0.2) is 14.3 Å². The largest absolute Gasteiger partial charge is 0.467 e. The van der Waals surface area contributed by atoms with Gasteiger partial charge in [0.2, 0.25) is 6.04 Å². The number of aryl methyl sites for hydroxylation is 1. The van der Waals surface area contributed by atoms with Crippen LogP contribution in [0.2, 0.25) is 5.02 Å². The maximum absolute atomic E-state index is 12.1. The number of hydrogen-bond acceptors (Lipinski definition) is 5. The second-order valence-corrected chi connectivity index (χ2v) is 5.61. The molecule has 0 bridgehead atoms. The lowest BCUT2D eigenvalue weighted by Gasteiger charge is -2.15. The highest BCUT2D eigenvalue weighted by Crippen LogP contribution is 2.25. The predicted molar refractivity (Wildman–Crippen MR) is 89.7 cm³/mol. The summed E-state index contributed by atoms with van der Waals surface area (Å²) in [7, 11) is 2.45. The van der Waals surface area contributed by atoms with Crippen molar-refractivity contribution in [1.82, 2.24) is 9.78 Å². The van der Waals surface area contributed by atoms with E-state index >= 15 is 0 Å². The molecule has 0 fully saturated rings. The maximum Gasteiger partial charge on any atom is 0.342 e. The Bertz CT molecular complexity index is 709. The minimum Gasteiger partial charge on any atom is -0.467 e. The van der Waals surface area contributed by atoms with Crippen molar-refractivity contribution < 1.29 is 19.1 Å². The number of ether oxygens (including phenoxy) is 2. The number of benzene rings is 1. The Morgan fingerprint density at radius 2 is 1.75 bits per heavy atom. The van der Waals surface area contributed by atoms with Crippen molar-refractivity contribution >= 4 is 23.5 Å². The third-order valence-electron chi connectivity index (χ3n) is 3.55. The lowest BCUT2D eigenvalue weighted by atomic mass is 10.1. The fraction of sp³-hybridized carbons (Fsp3) is 0.353. The minimum absolute atomic E-state index is 0.619. The second-order valence-electron chi connectivity index (χ2n) is 5.17. The molecule has 128 valence electrons. The average Bonchev–Trinajstić information content (AvgIpc) is 2.99. The fourth-order valence-electron chi connectivity index (χ4n) is 2.38. The van der Waals surface area contributed by atoms with Gasteiger partial charge in [-0.15, -0.1) is 0 Å². The highest BCUT2D eigenvalue weighted by Gasteiger charge is 2.33. The van der Waals surface area contributed by atoms with Crippen LogP contribution in [0.5, 0.6) is 0 Å². The summed E-state index contributed by atoms with van der Waals surface area (Å²) in [6, 6.07) is 7.76. The first-order chi connectivity index (χ1) is 11.5. The van der Waals surface area contributed by atoms with Crippen LogP contribution in [-0.4, -0.2) is 35.9 Å². The third kappa shape index (κ3) is 3.76. The first-order valence-electron chi connectivity index (χ1n) is 7.51. The zero-order valence-corrected chi connectivity index (χ0v) is 14.5. The van der Waals surface area contributed by atoms with Crippen molar-refractivity contribution in [3.8, 4) is 11.3 Å². The molecule has 2 aromatic rings. The molecule has 0 aliphatic rings. The van der Waals surface area contributed by atoms with Gasteiger partial charge in [0.25, 0.3) is 0 Å². The molecule has 0 unspecified atom stereocenters. The van der Waals surface area contributed by atoms with Crippen LogP contribution in [0.25, 0.3) is 11.3 Å². The van der Waals surface area contributed by atoms with Crippen molar-refractivity contribution in [2.75, 3.05) is 14.2 Å². The van der Waals surface area contributed by atoms with Crippen molar-refractivity contribution in [3.05, 3.63) is 41.0 Å². The molecule has 2 rings (SSSR count). The highest BCUT2D eigenvalue weighted by atomic mass is 35.5. The van der Waals surface area contributed by atoms with Gasteiger partial charge in [0.15, 0.2) is 0 Å². The van der Waals surface area contributed by atoms with E-state index < -0.39 is 18.0 Å². The van der Waals surface area contributed by atoms with E-state index in [2.05, 4.69) is 5.10 Å². The summed E-state index contributed by atoms with van der Waals surface area (Å²) in [5.41, 5.74) is 2.24. The Morgan fingerprint density at radius 1 is 1.17 bits per heavy atom. The van der Waals surface area contributed by atoms with E-state index in [0.29, 0.717) is 17.1 Å². The molecular weight excluding hydrogens is 332 g/mol. The molecule has 0 N–H and O–H groups in total. The van der Waals surface area contributed by atoms with Crippen LogP contribution < -0.4 is 0 Å². The molecule has 0 radical (unpaired) electrons. The van der Waals surface area contributed by atoms with Crippen LogP contribution in [0.4, 0.5) is 0 Å². The first kappa shape index (κ1) is 18.0. The van der Waals surface area contributed by atoms with Crippen molar-refractivity contribution in [2.24, 2.45) is 0 Å². The summed E-state index contributed by atoms with van der Waals surface area (Å²) in [4.78, 5) is 24.1. The van der Waals surface area contributed by atoms with E-state index in [1.807, 2.05) is 25.1 Å². The number of halogens is 1. The summed E-state index contributed by atoms with van der Waals surface area (Å²) in [5.74, 6) is -1.44. The van der Waals surface area contributed by atoms with Gasteiger partial charge in [-0.2, -0.15) is 5.10 Å². The molecule has 1 aromatic heterocycles. The molecule has 6 nitrogen and oxygen atoms in total. The molecule has 0 spiro atoms. The van der Waals surface area contributed by atoms with Crippen molar-refractivity contribution in [3.63, 3.8) is 0 Å². The Labute approximate surface area is 145 Å². The Morgan fingerprint density at radius 3 is 2.25 bits per heavy atom. The first-order valence-corrected chi connectivity index (χ1v) is 7.89. The highest BCUT2D eigenvalue weighted by molar-refractivity contribution is 6.30. The van der Waals surface area contributed by atoms with Crippen LogP contribution in [0.15, 0.2) is 30.3 Å². The van der Waals surface area contributed by atoms with E-state index in [9.17, 15) is 9.59 Å². The number of aromatic nitrogens is 2. The average molecular weight is 351 g/mol. The quantitative estimate of drug-likeness (QED) is 0.591. The van der Waals surface area contributed by atoms with Crippen molar-refractivity contribution in [1.29, 1.82) is 0 Å². The summed E-state index contributed by atoms with van der Waals surface area (Å²) in [5, 5.41) is 5.06. The summed E-state index contributed by atoms with van der Waals surface area (Å²) < 4.78 is 10.9. The normalized spacial score (nSPS) is 10.7. The molecule has 0 saturated heterocycles. The second kappa shape index (κ2) is 7.97. The van der Waals surface area contributed by atoms with E-state index in [-0.39, 0.29) is 0 Å². The van der Waals surface area contributed by atoms with Crippen LogP contribution in [-0.2, 0) is 25.5 Å². The van der Waals surface area contributed by atoms with E-state index in [4.69, 9.17) is 21.1 Å². The van der Waals surface area contributed by atoms with Crippen LogP contribution >= 0.6 is 11.6 Å². The predicted octanol–water partition coefficient (Wildman–Crippen LogP) is 3.04. The van der Waals surface area contributed by atoms with Gasteiger partial charge in [0.05, 0.1) is 19.9 Å². The molecule has 1 heterocycles. The minimum atomic E-state index is -1.26. The third-order valence-corrected chi connectivity index (χ3v) is 3.80. The molecule has 0 saturated carbocycles. The number of nitrogens with zero attached hydrogens (tertiary/aromatic N) is 2. The topological polar surface area (TPSA) is 70.4 Å². The van der Waals surface area contributed by atoms with Gasteiger partial charge >= 0.3 is 11.9 Å². The molecule has 0 atom stereocenters. The van der Waals surface area contributed by atoms with E-state index in [1.165, 1.54) is 18.9 Å². The number of esters is 2. The fourth-order valence-corrected chi connectivity index (χ4v) is 2.51. The SMILES string of the molecule is CCCc1cc(-c2ccc(Cl)cc2)nn1C(C(=O)OC)C(=O)OC. The zero-order chi connectivity index (χ0) is 17.7. The molecule has 0 aliphatic carbocycles. The lowest BCUT2D eigenvalue weighted by molar-refractivity contribution is -0.158. The molecule has 24 heavy (non-hydrogen) atoms. The number of rotatable bonds is 6. The lowest BCUT2D eigenvalue weighted by Crippen LogP contribution is -2.31. The monoisotopic (exact) mass is 350 g/mol. The van der Waals surface area contributed by atoms with Gasteiger partial charge in [-0.3, -0.25) is 0 Å². The van der Waals surface area contributed by atoms with Gasteiger partial charge in [-0.05, 0) is 24.6 Å². The summed E-state index contributed by atoms with van der Waals surface area (Å²) >= 11 is 5.91. The van der Waals surface area contributed by atoms with Crippen LogP contribution in [0, 0.1) is 0 Å². The molecular formula is C17H19ClN2O4. The summed E-state index contributed by atoms with van der Waals surface area (Å²) in [6.45, 7) is 2.00. The summed E-state index contributed by atoms with van der Waals surface area (Å²) in [6.07, 6.45) is 1.49. The molecule has 0 amide bonds. The zero-order valence-electron chi connectivity index (χ0n) is 13.8. The smallest absolute Gasteiger partial charge is 0.342 e. The van der Waals surface area contributed by atoms with Gasteiger partial charge in [0.1, 0.15) is 0 Å². The van der Waals surface area contributed by atoms with Gasteiger partial charge in [0, 0.05) is 16.3 Å². The standard InChI is InChI=1S/C17H19ClN2O4/c1-4-5-13-10-14(11-6-8-12(18)9-7-11)19-20(13)15(16(21)23-2)17(22)24-3/h6-10,15H,4-5H2,1-3H3. The molecule has 7 heteroatoms. The van der Waals surface area contributed by atoms with Crippen LogP contribution in [0.3, 0.4) is 0 Å². The Hall–Kier alpha value is -2.34.